The molecule has 1 saturated heterocycles. The molecular weight excluding hydrogens is 208 g/mol. The van der Waals surface area contributed by atoms with Gasteiger partial charge in [0.15, 0.2) is 0 Å². The molecule has 17 heavy (non-hydrogen) atoms. The van der Waals surface area contributed by atoms with Gasteiger partial charge in [0, 0.05) is 24.8 Å². The van der Waals surface area contributed by atoms with Crippen molar-refractivity contribution in [3.05, 3.63) is 29.8 Å². The number of nitrogens with one attached hydrogen (secondary N) is 1. The van der Waals surface area contributed by atoms with Gasteiger partial charge < -0.3 is 10.2 Å². The van der Waals surface area contributed by atoms with E-state index in [1.54, 1.807) is 0 Å². The maximum Gasteiger partial charge on any atom is 0.0368 e. The molecule has 1 N–H and O–H groups in total. The molecule has 2 nitrogen and oxygen atoms in total. The Kier molecular flexibility index (Phi) is 4.43. The predicted octanol–water partition coefficient (Wildman–Crippen LogP) is 2.96. The summed E-state index contributed by atoms with van der Waals surface area (Å²) in [6.45, 7) is 7.87. The van der Waals surface area contributed by atoms with Crippen LogP contribution in [0.1, 0.15) is 31.7 Å². The Morgan fingerprint density at radius 1 is 1.41 bits per heavy atom. The molecule has 1 unspecified atom stereocenters. The third-order valence-electron chi connectivity index (χ3n) is 3.66. The number of aryl methyl sites for hydroxylation is 1. The van der Waals surface area contributed by atoms with E-state index < -0.39 is 0 Å². The highest BCUT2D eigenvalue weighted by Gasteiger charge is 2.15. The van der Waals surface area contributed by atoms with E-state index in [0.717, 1.165) is 19.1 Å². The highest BCUT2D eigenvalue weighted by atomic mass is 15.1. The van der Waals surface area contributed by atoms with E-state index in [0.29, 0.717) is 0 Å². The Morgan fingerprint density at radius 3 is 2.94 bits per heavy atom. The van der Waals surface area contributed by atoms with Gasteiger partial charge in [0.1, 0.15) is 0 Å². The molecule has 1 fully saturated rings. The van der Waals surface area contributed by atoms with Gasteiger partial charge in [-0.3, -0.25) is 0 Å². The van der Waals surface area contributed by atoms with Crippen LogP contribution >= 0.6 is 0 Å². The van der Waals surface area contributed by atoms with Gasteiger partial charge >= 0.3 is 0 Å². The second-order valence-corrected chi connectivity index (χ2v) is 5.00. The summed E-state index contributed by atoms with van der Waals surface area (Å²) in [5.41, 5.74) is 2.71. The molecule has 0 radical (unpaired) electrons. The molecule has 0 amide bonds. The highest BCUT2D eigenvalue weighted by molar-refractivity contribution is 5.48. The monoisotopic (exact) mass is 232 g/mol. The Morgan fingerprint density at radius 2 is 2.29 bits per heavy atom. The number of hydrogen-bond acceptors (Lipinski definition) is 2. The molecule has 1 aromatic carbocycles. The molecular formula is C15H24N2. The fourth-order valence-corrected chi connectivity index (χ4v) is 2.61. The fraction of sp³-hybridized carbons (Fsp3) is 0.600. The molecule has 0 spiro atoms. The predicted molar refractivity (Wildman–Crippen MR) is 74.7 cm³/mol. The van der Waals surface area contributed by atoms with E-state index in [1.165, 1.54) is 37.1 Å². The Hall–Kier alpha value is -1.02. The molecule has 2 heteroatoms. The Bertz CT molecular complexity index is 343. The van der Waals surface area contributed by atoms with Gasteiger partial charge in [0.25, 0.3) is 0 Å². The number of benzene rings is 1. The van der Waals surface area contributed by atoms with Crippen molar-refractivity contribution in [3.63, 3.8) is 0 Å². The summed E-state index contributed by atoms with van der Waals surface area (Å²) in [6, 6.07) is 9.56. The van der Waals surface area contributed by atoms with Crippen LogP contribution in [0.3, 0.4) is 0 Å². The van der Waals surface area contributed by atoms with Crippen molar-refractivity contribution in [2.45, 2.75) is 39.2 Å². The number of nitrogens with zero attached hydrogens (tertiary/aromatic N) is 1. The van der Waals surface area contributed by atoms with Crippen LogP contribution in [0, 0.1) is 6.92 Å². The third-order valence-corrected chi connectivity index (χ3v) is 3.66. The minimum Gasteiger partial charge on any atom is -0.372 e. The maximum absolute atomic E-state index is 3.57. The topological polar surface area (TPSA) is 15.3 Å². The van der Waals surface area contributed by atoms with Crippen molar-refractivity contribution >= 4 is 5.69 Å². The van der Waals surface area contributed by atoms with Crippen LogP contribution in [0.5, 0.6) is 0 Å². The molecule has 1 atom stereocenters. The van der Waals surface area contributed by atoms with Gasteiger partial charge in [0.2, 0.25) is 0 Å². The van der Waals surface area contributed by atoms with Crippen LogP contribution in [0.25, 0.3) is 0 Å². The summed E-state index contributed by atoms with van der Waals surface area (Å²) in [5.74, 6) is 0. The highest BCUT2D eigenvalue weighted by Crippen LogP contribution is 2.17. The molecule has 0 aromatic heterocycles. The lowest BCUT2D eigenvalue weighted by molar-refractivity contribution is 0.553. The van der Waals surface area contributed by atoms with Crippen LogP contribution in [-0.2, 0) is 0 Å². The van der Waals surface area contributed by atoms with Gasteiger partial charge in [-0.25, -0.2) is 0 Å². The second-order valence-electron chi connectivity index (χ2n) is 5.00. The first-order valence-electron chi connectivity index (χ1n) is 6.84. The lowest BCUT2D eigenvalue weighted by Crippen LogP contribution is -2.30. The van der Waals surface area contributed by atoms with Crippen molar-refractivity contribution in [2.24, 2.45) is 0 Å². The van der Waals surface area contributed by atoms with E-state index in [-0.39, 0.29) is 0 Å². The van der Waals surface area contributed by atoms with Gasteiger partial charge in [0.05, 0.1) is 0 Å². The first-order valence-corrected chi connectivity index (χ1v) is 6.84. The normalized spacial score (nSPS) is 19.5. The van der Waals surface area contributed by atoms with Gasteiger partial charge in [-0.15, -0.1) is 0 Å². The minimum absolute atomic E-state index is 0.744. The van der Waals surface area contributed by atoms with Gasteiger partial charge in [-0.1, -0.05) is 12.1 Å². The van der Waals surface area contributed by atoms with Crippen molar-refractivity contribution in [1.82, 2.24) is 5.32 Å². The summed E-state index contributed by atoms with van der Waals surface area (Å²) in [5, 5.41) is 3.57. The molecule has 1 heterocycles. The minimum atomic E-state index is 0.744. The molecule has 0 bridgehead atoms. The molecule has 1 aliphatic heterocycles. The first kappa shape index (κ1) is 12.4. The number of rotatable bonds is 5. The van der Waals surface area contributed by atoms with Crippen molar-refractivity contribution < 1.29 is 0 Å². The first-order chi connectivity index (χ1) is 8.29. The van der Waals surface area contributed by atoms with Crippen molar-refractivity contribution in [1.29, 1.82) is 0 Å². The Labute approximate surface area is 105 Å². The van der Waals surface area contributed by atoms with Crippen molar-refractivity contribution in [3.8, 4) is 0 Å². The van der Waals surface area contributed by atoms with E-state index in [1.807, 2.05) is 0 Å². The zero-order valence-electron chi connectivity index (χ0n) is 11.1. The van der Waals surface area contributed by atoms with Gasteiger partial charge in [-0.2, -0.15) is 0 Å². The van der Waals surface area contributed by atoms with Crippen LogP contribution in [0.2, 0.25) is 0 Å². The van der Waals surface area contributed by atoms with Gasteiger partial charge in [-0.05, 0) is 57.4 Å². The quantitative estimate of drug-likeness (QED) is 0.839. The largest absolute Gasteiger partial charge is 0.372 e. The lowest BCUT2D eigenvalue weighted by atomic mass is 10.1. The number of hydrogen-bond donors (Lipinski definition) is 1. The van der Waals surface area contributed by atoms with Crippen LogP contribution in [-0.4, -0.2) is 25.7 Å². The average Bonchev–Trinajstić information content (AvgIpc) is 2.83. The van der Waals surface area contributed by atoms with E-state index in [9.17, 15) is 0 Å². The molecule has 0 aliphatic carbocycles. The van der Waals surface area contributed by atoms with E-state index in [4.69, 9.17) is 0 Å². The summed E-state index contributed by atoms with van der Waals surface area (Å²) < 4.78 is 0. The van der Waals surface area contributed by atoms with Crippen LogP contribution < -0.4 is 10.2 Å². The molecule has 2 rings (SSSR count). The molecule has 1 aliphatic rings. The summed E-state index contributed by atoms with van der Waals surface area (Å²) in [7, 11) is 0. The molecule has 94 valence electrons. The maximum atomic E-state index is 3.57. The van der Waals surface area contributed by atoms with E-state index in [2.05, 4.69) is 48.3 Å². The average molecular weight is 232 g/mol. The van der Waals surface area contributed by atoms with E-state index >= 15 is 0 Å². The Balaban J connectivity index is 1.91. The van der Waals surface area contributed by atoms with Crippen LogP contribution in [0.4, 0.5) is 5.69 Å². The standard InChI is InChI=1S/C15H24N2/c1-3-17(11-9-14-7-5-10-16-14)15-8-4-6-13(2)12-15/h4,6,8,12,14,16H,3,5,7,9-11H2,1-2H3. The second kappa shape index (κ2) is 6.06. The van der Waals surface area contributed by atoms with Crippen molar-refractivity contribution in [2.75, 3.05) is 24.5 Å². The third kappa shape index (κ3) is 3.47. The smallest absolute Gasteiger partial charge is 0.0368 e. The number of anilines is 1. The fourth-order valence-electron chi connectivity index (χ4n) is 2.61. The summed E-state index contributed by atoms with van der Waals surface area (Å²) in [6.07, 6.45) is 3.97. The summed E-state index contributed by atoms with van der Waals surface area (Å²) >= 11 is 0. The summed E-state index contributed by atoms with van der Waals surface area (Å²) in [4.78, 5) is 2.48. The van der Waals surface area contributed by atoms with Crippen LogP contribution in [0.15, 0.2) is 24.3 Å². The molecule has 1 aromatic rings. The SMILES string of the molecule is CCN(CCC1CCCN1)c1cccc(C)c1. The zero-order chi connectivity index (χ0) is 12.1. The lowest BCUT2D eigenvalue weighted by Gasteiger charge is -2.25. The zero-order valence-corrected chi connectivity index (χ0v) is 11.1. The molecule has 0 saturated carbocycles.